The number of carbonyl (C=O) groups excluding carboxylic acids is 2. The number of aliphatic hydroxyl groups is 1. The summed E-state index contributed by atoms with van der Waals surface area (Å²) in [5, 5.41) is 9.91. The van der Waals surface area contributed by atoms with Crippen molar-refractivity contribution in [1.29, 1.82) is 0 Å². The van der Waals surface area contributed by atoms with Gasteiger partial charge in [0.25, 0.3) is 0 Å². The number of aliphatic hydroxyl groups excluding tert-OH is 1. The molecule has 148 valence electrons. The maximum absolute atomic E-state index is 12.5. The summed E-state index contributed by atoms with van der Waals surface area (Å²) in [6.07, 6.45) is -0.293. The third-order valence-corrected chi connectivity index (χ3v) is 4.86. The Hall–Kier alpha value is -2.86. The van der Waals surface area contributed by atoms with Crippen LogP contribution in [-0.2, 0) is 4.74 Å². The summed E-state index contributed by atoms with van der Waals surface area (Å²) >= 11 is 0. The van der Waals surface area contributed by atoms with E-state index in [1.54, 1.807) is 27.0 Å². The smallest absolute Gasteiger partial charge is 0.338 e. The van der Waals surface area contributed by atoms with E-state index in [2.05, 4.69) is 0 Å². The maximum atomic E-state index is 12.5. The summed E-state index contributed by atoms with van der Waals surface area (Å²) in [4.78, 5) is 24.9. The first-order chi connectivity index (χ1) is 13.5. The summed E-state index contributed by atoms with van der Waals surface area (Å²) in [5.74, 6) is 0.131. The number of ketones is 1. The molecule has 1 aliphatic rings. The fourth-order valence-corrected chi connectivity index (χ4v) is 3.54. The molecule has 0 unspecified atom stereocenters. The molecule has 0 radical (unpaired) electrons. The summed E-state index contributed by atoms with van der Waals surface area (Å²) in [7, 11) is 1.58. The van der Waals surface area contributed by atoms with Crippen molar-refractivity contribution in [3.05, 3.63) is 58.7 Å². The molecule has 0 spiro atoms. The van der Waals surface area contributed by atoms with Crippen molar-refractivity contribution in [1.82, 2.24) is 0 Å². The van der Waals surface area contributed by atoms with Crippen LogP contribution in [0.4, 0.5) is 0 Å². The highest BCUT2D eigenvalue weighted by Gasteiger charge is 2.38. The second-order valence-electron chi connectivity index (χ2n) is 6.53. The van der Waals surface area contributed by atoms with Crippen LogP contribution in [0.25, 0.3) is 0 Å². The van der Waals surface area contributed by atoms with Crippen LogP contribution in [0.5, 0.6) is 11.5 Å². The molecule has 6 nitrogen and oxygen atoms in total. The van der Waals surface area contributed by atoms with Gasteiger partial charge in [0.05, 0.1) is 37.4 Å². The Bertz CT molecular complexity index is 889. The van der Waals surface area contributed by atoms with Crippen LogP contribution in [0, 0.1) is 0 Å². The fraction of sp³-hybridized carbons (Fsp3) is 0.364. The van der Waals surface area contributed by atoms with Crippen LogP contribution >= 0.6 is 0 Å². The lowest BCUT2D eigenvalue weighted by Gasteiger charge is -2.18. The summed E-state index contributed by atoms with van der Waals surface area (Å²) < 4.78 is 16.4. The highest BCUT2D eigenvalue weighted by Crippen LogP contribution is 2.45. The SMILES string of the molecule is CCOC(=O)c1cc(C(=O)CC)c2c(c1)[C@H](c1cccc(OC)c1)[C@@H](CO)O2. The first-order valence-corrected chi connectivity index (χ1v) is 9.33. The lowest BCUT2D eigenvalue weighted by Crippen LogP contribution is -2.24. The van der Waals surface area contributed by atoms with E-state index in [4.69, 9.17) is 14.2 Å². The van der Waals surface area contributed by atoms with Gasteiger partial charge in [0.2, 0.25) is 0 Å². The van der Waals surface area contributed by atoms with Gasteiger partial charge in [-0.25, -0.2) is 4.79 Å². The van der Waals surface area contributed by atoms with Crippen molar-refractivity contribution < 1.29 is 28.9 Å². The first-order valence-electron chi connectivity index (χ1n) is 9.33. The molecule has 6 heteroatoms. The van der Waals surface area contributed by atoms with E-state index in [-0.39, 0.29) is 31.3 Å². The van der Waals surface area contributed by atoms with Gasteiger partial charge in [-0.05, 0) is 36.8 Å². The third kappa shape index (κ3) is 3.60. The molecule has 0 saturated heterocycles. The number of esters is 1. The lowest BCUT2D eigenvalue weighted by molar-refractivity contribution is 0.0526. The second-order valence-corrected chi connectivity index (χ2v) is 6.53. The number of fused-ring (bicyclic) bond motifs is 1. The van der Waals surface area contributed by atoms with Crippen LogP contribution in [-0.4, -0.2) is 43.3 Å². The maximum Gasteiger partial charge on any atom is 0.338 e. The zero-order chi connectivity index (χ0) is 20.3. The predicted molar refractivity (Wildman–Crippen MR) is 103 cm³/mol. The number of carbonyl (C=O) groups is 2. The van der Waals surface area contributed by atoms with Crippen LogP contribution in [0.2, 0.25) is 0 Å². The standard InChI is InChI=1S/C22H24O6/c1-4-18(24)16-10-14(22(25)27-5-2)11-17-20(19(12-23)28-21(16)17)13-7-6-8-15(9-13)26-3/h6-11,19-20,23H,4-5,12H2,1-3H3/t19-,20+/m1/s1. The zero-order valence-electron chi connectivity index (χ0n) is 16.2. The molecule has 1 N–H and O–H groups in total. The van der Waals surface area contributed by atoms with E-state index >= 15 is 0 Å². The Morgan fingerprint density at radius 3 is 2.61 bits per heavy atom. The Morgan fingerprint density at radius 2 is 1.96 bits per heavy atom. The predicted octanol–water partition coefficient (Wildman–Crippen LogP) is 3.35. The van der Waals surface area contributed by atoms with Gasteiger partial charge in [0, 0.05) is 12.0 Å². The van der Waals surface area contributed by atoms with Gasteiger partial charge >= 0.3 is 5.97 Å². The van der Waals surface area contributed by atoms with Gasteiger partial charge in [-0.3, -0.25) is 4.79 Å². The third-order valence-electron chi connectivity index (χ3n) is 4.86. The molecule has 28 heavy (non-hydrogen) atoms. The number of ether oxygens (including phenoxy) is 3. The average molecular weight is 384 g/mol. The van der Waals surface area contributed by atoms with E-state index in [1.807, 2.05) is 24.3 Å². The lowest BCUT2D eigenvalue weighted by atomic mass is 9.86. The van der Waals surface area contributed by atoms with E-state index in [9.17, 15) is 14.7 Å². The summed E-state index contributed by atoms with van der Waals surface area (Å²) in [6, 6.07) is 10.7. The van der Waals surface area contributed by atoms with Gasteiger partial charge in [0.1, 0.15) is 17.6 Å². The number of methoxy groups -OCH3 is 1. The van der Waals surface area contributed by atoms with E-state index in [0.717, 1.165) is 5.56 Å². The molecule has 0 fully saturated rings. The molecule has 2 aromatic rings. The highest BCUT2D eigenvalue weighted by molar-refractivity contribution is 6.02. The van der Waals surface area contributed by atoms with Crippen molar-refractivity contribution in [3.8, 4) is 11.5 Å². The molecular weight excluding hydrogens is 360 g/mol. The van der Waals surface area contributed by atoms with Crippen molar-refractivity contribution in [3.63, 3.8) is 0 Å². The number of hydrogen-bond donors (Lipinski definition) is 1. The highest BCUT2D eigenvalue weighted by atomic mass is 16.5. The molecule has 0 aliphatic carbocycles. The van der Waals surface area contributed by atoms with Gasteiger partial charge in [-0.2, -0.15) is 0 Å². The van der Waals surface area contributed by atoms with Gasteiger partial charge in [-0.15, -0.1) is 0 Å². The molecule has 2 aromatic carbocycles. The Morgan fingerprint density at radius 1 is 1.18 bits per heavy atom. The quantitative estimate of drug-likeness (QED) is 0.582. The number of Topliss-reactive ketones (excluding diaryl/α,β-unsaturated/α-hetero) is 1. The minimum absolute atomic E-state index is 0.134. The second kappa shape index (κ2) is 8.44. The van der Waals surface area contributed by atoms with Gasteiger partial charge < -0.3 is 19.3 Å². The Balaban J connectivity index is 2.19. The molecular formula is C22H24O6. The zero-order valence-corrected chi connectivity index (χ0v) is 16.2. The molecule has 0 saturated carbocycles. The van der Waals surface area contributed by atoms with Crippen molar-refractivity contribution in [2.24, 2.45) is 0 Å². The van der Waals surface area contributed by atoms with Crippen molar-refractivity contribution in [2.75, 3.05) is 20.3 Å². The molecule has 1 heterocycles. The van der Waals surface area contributed by atoms with Gasteiger partial charge in [0.15, 0.2) is 5.78 Å². The molecule has 2 atom stereocenters. The van der Waals surface area contributed by atoms with E-state index in [0.29, 0.717) is 28.2 Å². The topological polar surface area (TPSA) is 82.1 Å². The Labute approximate surface area is 164 Å². The largest absolute Gasteiger partial charge is 0.497 e. The van der Waals surface area contributed by atoms with Crippen molar-refractivity contribution in [2.45, 2.75) is 32.3 Å². The van der Waals surface area contributed by atoms with Crippen LogP contribution in [0.1, 0.15) is 58.0 Å². The molecule has 3 rings (SSSR count). The van der Waals surface area contributed by atoms with Gasteiger partial charge in [-0.1, -0.05) is 19.1 Å². The monoisotopic (exact) mass is 384 g/mol. The van der Waals surface area contributed by atoms with Crippen LogP contribution in [0.15, 0.2) is 36.4 Å². The number of rotatable bonds is 7. The summed E-state index contributed by atoms with van der Waals surface area (Å²) in [5.41, 5.74) is 2.20. The van der Waals surface area contributed by atoms with Crippen LogP contribution < -0.4 is 9.47 Å². The normalized spacial score (nSPS) is 17.6. The van der Waals surface area contributed by atoms with Crippen LogP contribution in [0.3, 0.4) is 0 Å². The molecule has 1 aliphatic heterocycles. The Kier molecular flexibility index (Phi) is 5.99. The fourth-order valence-electron chi connectivity index (χ4n) is 3.54. The average Bonchev–Trinajstić information content (AvgIpc) is 3.11. The minimum Gasteiger partial charge on any atom is -0.497 e. The molecule has 0 aromatic heterocycles. The first kappa shape index (κ1) is 19.9. The van der Waals surface area contributed by atoms with E-state index in [1.165, 1.54) is 6.07 Å². The molecule has 0 bridgehead atoms. The van der Waals surface area contributed by atoms with Crippen molar-refractivity contribution >= 4 is 11.8 Å². The van der Waals surface area contributed by atoms with E-state index < -0.39 is 12.1 Å². The summed E-state index contributed by atoms with van der Waals surface area (Å²) in [6.45, 7) is 3.49. The number of benzene rings is 2. The molecule has 0 amide bonds. The minimum atomic E-state index is -0.567. The number of hydrogen-bond acceptors (Lipinski definition) is 6.